The number of amides is 1. The van der Waals surface area contributed by atoms with E-state index in [2.05, 4.69) is 15.6 Å². The first kappa shape index (κ1) is 13.4. The van der Waals surface area contributed by atoms with Crippen LogP contribution in [0.2, 0.25) is 5.02 Å². The van der Waals surface area contributed by atoms with E-state index < -0.39 is 0 Å². The molecule has 4 nitrogen and oxygen atoms in total. The Morgan fingerprint density at radius 3 is 2.74 bits per heavy atom. The smallest absolute Gasteiger partial charge is 0.255 e. The first-order valence-corrected chi connectivity index (χ1v) is 6.19. The van der Waals surface area contributed by atoms with Gasteiger partial charge in [-0.1, -0.05) is 17.7 Å². The summed E-state index contributed by atoms with van der Waals surface area (Å²) < 4.78 is 0. The lowest BCUT2D eigenvalue weighted by Crippen LogP contribution is -2.12. The Kier molecular flexibility index (Phi) is 4.02. The zero-order valence-corrected chi connectivity index (χ0v) is 11.5. The van der Waals surface area contributed by atoms with E-state index in [4.69, 9.17) is 11.6 Å². The summed E-state index contributed by atoms with van der Waals surface area (Å²) in [6.45, 7) is 1.91. The summed E-state index contributed by atoms with van der Waals surface area (Å²) in [5.74, 6) is 0.452. The minimum absolute atomic E-state index is 0.196. The number of hydrogen-bond acceptors (Lipinski definition) is 3. The van der Waals surface area contributed by atoms with Crippen LogP contribution in [-0.4, -0.2) is 17.9 Å². The Morgan fingerprint density at radius 2 is 2.05 bits per heavy atom. The summed E-state index contributed by atoms with van der Waals surface area (Å²) >= 11 is 6.02. The molecule has 19 heavy (non-hydrogen) atoms. The number of carbonyl (C=O) groups is 1. The fourth-order valence-corrected chi connectivity index (χ4v) is 1.76. The van der Waals surface area contributed by atoms with Crippen molar-refractivity contribution in [2.45, 2.75) is 6.92 Å². The Balaban J connectivity index is 2.18. The zero-order chi connectivity index (χ0) is 13.8. The number of hydrogen-bond donors (Lipinski definition) is 2. The maximum atomic E-state index is 12.1. The second-order valence-electron chi connectivity index (χ2n) is 4.10. The van der Waals surface area contributed by atoms with Crippen LogP contribution in [0, 0.1) is 6.92 Å². The number of carbonyl (C=O) groups excluding carboxylic acids is 1. The van der Waals surface area contributed by atoms with E-state index in [1.165, 1.54) is 0 Å². The Hall–Kier alpha value is -2.07. The van der Waals surface area contributed by atoms with E-state index in [0.29, 0.717) is 22.1 Å². The molecule has 2 N–H and O–H groups in total. The topological polar surface area (TPSA) is 54.0 Å². The van der Waals surface area contributed by atoms with Crippen molar-refractivity contribution >= 4 is 29.0 Å². The highest BCUT2D eigenvalue weighted by atomic mass is 35.5. The summed E-state index contributed by atoms with van der Waals surface area (Å²) in [4.78, 5) is 16.1. The van der Waals surface area contributed by atoms with Gasteiger partial charge in [-0.3, -0.25) is 4.79 Å². The molecular formula is C14H14ClN3O. The molecule has 0 aliphatic carbocycles. The number of nitrogens with zero attached hydrogens (tertiary/aromatic N) is 1. The maximum Gasteiger partial charge on any atom is 0.255 e. The van der Waals surface area contributed by atoms with E-state index in [9.17, 15) is 4.79 Å². The predicted molar refractivity (Wildman–Crippen MR) is 77.9 cm³/mol. The molecule has 1 aromatic carbocycles. The normalized spacial score (nSPS) is 10.1. The van der Waals surface area contributed by atoms with Crippen molar-refractivity contribution < 1.29 is 4.79 Å². The molecule has 1 heterocycles. The minimum atomic E-state index is -0.196. The van der Waals surface area contributed by atoms with Gasteiger partial charge in [0.15, 0.2) is 0 Å². The number of halogens is 1. The Morgan fingerprint density at radius 1 is 1.26 bits per heavy atom. The number of benzene rings is 1. The number of anilines is 2. The third-order valence-corrected chi connectivity index (χ3v) is 3.12. The molecule has 0 bridgehead atoms. The second kappa shape index (κ2) is 5.71. The molecule has 5 heteroatoms. The Labute approximate surface area is 116 Å². The van der Waals surface area contributed by atoms with Crippen molar-refractivity contribution in [1.82, 2.24) is 4.98 Å². The molecular weight excluding hydrogens is 262 g/mol. The van der Waals surface area contributed by atoms with Crippen LogP contribution < -0.4 is 10.6 Å². The SMILES string of the molecule is CNc1cc(C(=O)Nc2ccc(C)c(Cl)c2)ccn1. The minimum Gasteiger partial charge on any atom is -0.373 e. The summed E-state index contributed by atoms with van der Waals surface area (Å²) in [5.41, 5.74) is 2.18. The van der Waals surface area contributed by atoms with Crippen molar-refractivity contribution in [3.8, 4) is 0 Å². The van der Waals surface area contributed by atoms with Crippen molar-refractivity contribution in [2.75, 3.05) is 17.7 Å². The van der Waals surface area contributed by atoms with Crippen LogP contribution in [0.4, 0.5) is 11.5 Å². The summed E-state index contributed by atoms with van der Waals surface area (Å²) in [5, 5.41) is 6.32. The van der Waals surface area contributed by atoms with Gasteiger partial charge in [0.05, 0.1) is 0 Å². The number of aryl methyl sites for hydroxylation is 1. The monoisotopic (exact) mass is 275 g/mol. The fourth-order valence-electron chi connectivity index (χ4n) is 1.58. The highest BCUT2D eigenvalue weighted by Gasteiger charge is 2.07. The predicted octanol–water partition coefficient (Wildman–Crippen LogP) is 3.34. The Bertz CT molecular complexity index is 613. The van der Waals surface area contributed by atoms with Crippen LogP contribution >= 0.6 is 11.6 Å². The van der Waals surface area contributed by atoms with Crippen LogP contribution in [0.25, 0.3) is 0 Å². The van der Waals surface area contributed by atoms with Crippen molar-refractivity contribution in [1.29, 1.82) is 0 Å². The van der Waals surface area contributed by atoms with E-state index in [1.54, 1.807) is 31.4 Å². The lowest BCUT2D eigenvalue weighted by Gasteiger charge is -2.07. The van der Waals surface area contributed by atoms with Gasteiger partial charge in [0.25, 0.3) is 5.91 Å². The van der Waals surface area contributed by atoms with Crippen molar-refractivity contribution in [3.63, 3.8) is 0 Å². The molecule has 0 spiro atoms. The molecule has 0 fully saturated rings. The van der Waals surface area contributed by atoms with Crippen molar-refractivity contribution in [2.24, 2.45) is 0 Å². The number of nitrogens with one attached hydrogen (secondary N) is 2. The lowest BCUT2D eigenvalue weighted by atomic mass is 10.2. The molecule has 1 amide bonds. The molecule has 0 saturated carbocycles. The van der Waals surface area contributed by atoms with Gasteiger partial charge < -0.3 is 10.6 Å². The van der Waals surface area contributed by atoms with Gasteiger partial charge in [0.1, 0.15) is 5.82 Å². The summed E-state index contributed by atoms with van der Waals surface area (Å²) in [6.07, 6.45) is 1.59. The average Bonchev–Trinajstić information content (AvgIpc) is 2.43. The van der Waals surface area contributed by atoms with E-state index in [1.807, 2.05) is 19.1 Å². The average molecular weight is 276 g/mol. The molecule has 0 atom stereocenters. The van der Waals surface area contributed by atoms with Gasteiger partial charge >= 0.3 is 0 Å². The largest absolute Gasteiger partial charge is 0.373 e. The molecule has 2 aromatic rings. The summed E-state index contributed by atoms with van der Waals surface area (Å²) in [6, 6.07) is 8.76. The van der Waals surface area contributed by atoms with E-state index >= 15 is 0 Å². The molecule has 0 aliphatic rings. The second-order valence-corrected chi connectivity index (χ2v) is 4.51. The number of rotatable bonds is 3. The maximum absolute atomic E-state index is 12.1. The number of pyridine rings is 1. The van der Waals surface area contributed by atoms with Crippen LogP contribution in [0.3, 0.4) is 0 Å². The number of aromatic nitrogens is 1. The molecule has 0 saturated heterocycles. The van der Waals surface area contributed by atoms with Gasteiger partial charge in [-0.2, -0.15) is 0 Å². The van der Waals surface area contributed by atoms with Gasteiger partial charge in [-0.25, -0.2) is 4.98 Å². The third kappa shape index (κ3) is 3.23. The van der Waals surface area contributed by atoms with Crippen LogP contribution in [0.15, 0.2) is 36.5 Å². The molecule has 0 aliphatic heterocycles. The third-order valence-electron chi connectivity index (χ3n) is 2.71. The molecule has 1 aromatic heterocycles. The first-order valence-electron chi connectivity index (χ1n) is 5.81. The van der Waals surface area contributed by atoms with Gasteiger partial charge in [0.2, 0.25) is 0 Å². The molecule has 2 rings (SSSR count). The molecule has 0 unspecified atom stereocenters. The van der Waals surface area contributed by atoms with Gasteiger partial charge in [-0.15, -0.1) is 0 Å². The quantitative estimate of drug-likeness (QED) is 0.903. The zero-order valence-electron chi connectivity index (χ0n) is 10.7. The lowest BCUT2D eigenvalue weighted by molar-refractivity contribution is 0.102. The first-order chi connectivity index (χ1) is 9.10. The van der Waals surface area contributed by atoms with Crippen LogP contribution in [0.5, 0.6) is 0 Å². The van der Waals surface area contributed by atoms with Crippen molar-refractivity contribution in [3.05, 3.63) is 52.7 Å². The van der Waals surface area contributed by atoms with E-state index in [0.717, 1.165) is 5.56 Å². The molecule has 98 valence electrons. The highest BCUT2D eigenvalue weighted by molar-refractivity contribution is 6.31. The van der Waals surface area contributed by atoms with E-state index in [-0.39, 0.29) is 5.91 Å². The highest BCUT2D eigenvalue weighted by Crippen LogP contribution is 2.20. The fraction of sp³-hybridized carbons (Fsp3) is 0.143. The van der Waals surface area contributed by atoms with Crippen LogP contribution in [0.1, 0.15) is 15.9 Å². The standard InChI is InChI=1S/C14H14ClN3O/c1-9-3-4-11(8-12(9)15)18-14(19)10-5-6-17-13(7-10)16-2/h3-8H,1-2H3,(H,16,17)(H,18,19). The van der Waals surface area contributed by atoms with Gasteiger partial charge in [0, 0.05) is 29.5 Å². The molecule has 0 radical (unpaired) electrons. The van der Waals surface area contributed by atoms with Gasteiger partial charge in [-0.05, 0) is 36.8 Å². The van der Waals surface area contributed by atoms with Crippen LogP contribution in [-0.2, 0) is 0 Å². The summed E-state index contributed by atoms with van der Waals surface area (Å²) in [7, 11) is 1.75.